The zero-order chi connectivity index (χ0) is 26.3. The minimum absolute atomic E-state index is 0.0508. The van der Waals surface area contributed by atoms with Crippen molar-refractivity contribution in [3.63, 3.8) is 0 Å². The van der Waals surface area contributed by atoms with Crippen molar-refractivity contribution in [2.75, 3.05) is 38.1 Å². The Morgan fingerprint density at radius 1 is 1.00 bits per heavy atom. The van der Waals surface area contributed by atoms with Crippen LogP contribution in [0.1, 0.15) is 17.2 Å². The number of Topliss-reactive ketones (excluding diaryl/α,β-unsaturated/α-hetero) is 1. The Labute approximate surface area is 213 Å². The molecule has 0 bridgehead atoms. The molecule has 0 radical (unpaired) electrons. The number of carbonyl (C=O) groups is 2. The number of nitrogens with zero attached hydrogens (tertiary/aromatic N) is 3. The highest BCUT2D eigenvalue weighted by Gasteiger charge is 2.48. The molecule has 1 amide bonds. The third-order valence-corrected chi connectivity index (χ3v) is 6.44. The lowest BCUT2D eigenvalue weighted by molar-refractivity contribution is -0.132. The average Bonchev–Trinajstić information content (AvgIpc) is 3.45. The molecule has 1 aliphatic rings. The van der Waals surface area contributed by atoms with E-state index in [4.69, 9.17) is 9.47 Å². The molecule has 4 aromatic rings. The van der Waals surface area contributed by atoms with Crippen molar-refractivity contribution in [3.05, 3.63) is 83.4 Å². The number of amides is 1. The maximum atomic E-state index is 13.5. The normalized spacial score (nSPS) is 16.9. The van der Waals surface area contributed by atoms with Crippen LogP contribution in [0.15, 0.2) is 72.3 Å². The molecule has 0 spiro atoms. The quantitative estimate of drug-likeness (QED) is 0.232. The Balaban J connectivity index is 1.72. The molecule has 0 aliphatic carbocycles. The molecule has 188 valence electrons. The first kappa shape index (κ1) is 23.9. The van der Waals surface area contributed by atoms with E-state index in [1.807, 2.05) is 43.3 Å². The zero-order valence-corrected chi connectivity index (χ0v) is 20.9. The number of fused-ring (bicyclic) bond motifs is 1. The minimum atomic E-state index is -0.927. The van der Waals surface area contributed by atoms with Crippen LogP contribution in [-0.4, -0.2) is 55.1 Å². The van der Waals surface area contributed by atoms with Gasteiger partial charge in [0.25, 0.3) is 5.78 Å². The lowest BCUT2D eigenvalue weighted by atomic mass is 9.95. The van der Waals surface area contributed by atoms with E-state index in [0.717, 1.165) is 5.69 Å². The van der Waals surface area contributed by atoms with Gasteiger partial charge in [-0.05, 0) is 42.0 Å². The van der Waals surface area contributed by atoms with Crippen molar-refractivity contribution in [2.45, 2.75) is 6.04 Å². The maximum absolute atomic E-state index is 13.5. The largest absolute Gasteiger partial charge is 0.507 e. The number of carbonyl (C=O) groups excluding carboxylic acids is 2. The molecule has 9 nitrogen and oxygen atoms in total. The van der Waals surface area contributed by atoms with Crippen LogP contribution in [0.5, 0.6) is 11.5 Å². The van der Waals surface area contributed by atoms with Crippen LogP contribution in [0.25, 0.3) is 16.8 Å². The van der Waals surface area contributed by atoms with Gasteiger partial charge in [-0.1, -0.05) is 24.3 Å². The van der Waals surface area contributed by atoms with Gasteiger partial charge in [-0.15, -0.1) is 0 Å². The SMILES string of the molecule is COc1ccc2nc(N3C(=O)C(=O)/C(=C(/O)c4ccccc4OC)C3c3ccc(N(C)C)cc3)[nH]c2c1. The number of para-hydroxylation sites is 1. The Morgan fingerprint density at radius 3 is 2.41 bits per heavy atom. The smallest absolute Gasteiger partial charge is 0.302 e. The second-order valence-electron chi connectivity index (χ2n) is 8.80. The number of ketones is 1. The van der Waals surface area contributed by atoms with E-state index >= 15 is 0 Å². The number of benzene rings is 3. The van der Waals surface area contributed by atoms with Crippen LogP contribution in [0.4, 0.5) is 11.6 Å². The van der Waals surface area contributed by atoms with E-state index < -0.39 is 17.7 Å². The number of imidazole rings is 1. The van der Waals surface area contributed by atoms with Gasteiger partial charge in [-0.3, -0.25) is 14.5 Å². The van der Waals surface area contributed by atoms with Crippen LogP contribution in [0.3, 0.4) is 0 Å². The first-order chi connectivity index (χ1) is 17.8. The summed E-state index contributed by atoms with van der Waals surface area (Å²) in [6.45, 7) is 0. The van der Waals surface area contributed by atoms with Crippen molar-refractivity contribution in [2.24, 2.45) is 0 Å². The molecule has 37 heavy (non-hydrogen) atoms. The van der Waals surface area contributed by atoms with Gasteiger partial charge in [0.1, 0.15) is 17.3 Å². The number of aliphatic hydroxyl groups is 1. The van der Waals surface area contributed by atoms with Gasteiger partial charge in [0, 0.05) is 25.8 Å². The standard InChI is InChI=1S/C28H26N4O5/c1-31(2)17-11-9-16(10-12-17)24-23(25(33)19-7-5-6-8-22(19)37-4)26(34)27(35)32(24)28-29-20-14-13-18(36-3)15-21(20)30-28/h5-15,24,33H,1-4H3,(H,29,30)/b25-23+. The van der Waals surface area contributed by atoms with Gasteiger partial charge >= 0.3 is 5.91 Å². The Morgan fingerprint density at radius 2 is 1.73 bits per heavy atom. The third-order valence-electron chi connectivity index (χ3n) is 6.44. The lowest BCUT2D eigenvalue weighted by Gasteiger charge is -2.24. The predicted molar refractivity (Wildman–Crippen MR) is 141 cm³/mol. The molecular weight excluding hydrogens is 472 g/mol. The molecule has 1 fully saturated rings. The van der Waals surface area contributed by atoms with Crippen molar-refractivity contribution >= 4 is 40.1 Å². The molecule has 1 aliphatic heterocycles. The van der Waals surface area contributed by atoms with Crippen molar-refractivity contribution < 1.29 is 24.2 Å². The summed E-state index contributed by atoms with van der Waals surface area (Å²) in [5.74, 6) is -0.753. The van der Waals surface area contributed by atoms with Crippen molar-refractivity contribution in [1.82, 2.24) is 9.97 Å². The monoisotopic (exact) mass is 498 g/mol. The number of ether oxygens (including phenoxy) is 2. The zero-order valence-electron chi connectivity index (χ0n) is 20.9. The summed E-state index contributed by atoms with van der Waals surface area (Å²) >= 11 is 0. The van der Waals surface area contributed by atoms with Crippen molar-refractivity contribution in [3.8, 4) is 11.5 Å². The number of rotatable bonds is 6. The summed E-state index contributed by atoms with van der Waals surface area (Å²) in [7, 11) is 6.88. The summed E-state index contributed by atoms with van der Waals surface area (Å²) in [5.41, 5.74) is 3.09. The molecule has 1 atom stereocenters. The molecule has 1 unspecified atom stereocenters. The van der Waals surface area contributed by atoms with Crippen LogP contribution in [-0.2, 0) is 9.59 Å². The van der Waals surface area contributed by atoms with Crippen LogP contribution < -0.4 is 19.3 Å². The number of aromatic amines is 1. The minimum Gasteiger partial charge on any atom is -0.507 e. The highest BCUT2D eigenvalue weighted by Crippen LogP contribution is 2.43. The first-order valence-electron chi connectivity index (χ1n) is 11.6. The summed E-state index contributed by atoms with van der Waals surface area (Å²) < 4.78 is 10.7. The van der Waals surface area contributed by atoms with Gasteiger partial charge < -0.3 is 24.5 Å². The second kappa shape index (κ2) is 9.34. The number of hydrogen-bond donors (Lipinski definition) is 2. The maximum Gasteiger partial charge on any atom is 0.302 e. The van der Waals surface area contributed by atoms with Gasteiger partial charge in [-0.2, -0.15) is 0 Å². The van der Waals surface area contributed by atoms with Gasteiger partial charge in [0.2, 0.25) is 5.95 Å². The number of aliphatic hydroxyl groups excluding tert-OH is 1. The molecule has 2 N–H and O–H groups in total. The van der Waals surface area contributed by atoms with E-state index in [-0.39, 0.29) is 17.3 Å². The number of H-pyrrole nitrogens is 1. The Kier molecular flexibility index (Phi) is 6.04. The van der Waals surface area contributed by atoms with E-state index in [1.54, 1.807) is 49.6 Å². The van der Waals surface area contributed by atoms with Crippen LogP contribution in [0.2, 0.25) is 0 Å². The fourth-order valence-corrected chi connectivity index (χ4v) is 4.52. The molecular formula is C28H26N4O5. The number of hydrogen-bond acceptors (Lipinski definition) is 7. The highest BCUT2D eigenvalue weighted by molar-refractivity contribution is 6.51. The van der Waals surface area contributed by atoms with Gasteiger partial charge in [0.05, 0.1) is 42.4 Å². The third kappa shape index (κ3) is 4.04. The van der Waals surface area contributed by atoms with Gasteiger partial charge in [0.15, 0.2) is 0 Å². The van der Waals surface area contributed by atoms with Gasteiger partial charge in [-0.25, -0.2) is 4.98 Å². The molecule has 9 heteroatoms. The number of anilines is 2. The predicted octanol–water partition coefficient (Wildman–Crippen LogP) is 4.27. The van der Waals surface area contributed by atoms with E-state index in [1.165, 1.54) is 12.0 Å². The average molecular weight is 499 g/mol. The lowest BCUT2D eigenvalue weighted by Crippen LogP contribution is -2.30. The van der Waals surface area contributed by atoms with E-state index in [9.17, 15) is 14.7 Å². The topological polar surface area (TPSA) is 108 Å². The fourth-order valence-electron chi connectivity index (χ4n) is 4.52. The summed E-state index contributed by atoms with van der Waals surface area (Å²) in [6.07, 6.45) is 0. The molecule has 5 rings (SSSR count). The molecule has 3 aromatic carbocycles. The molecule has 1 saturated heterocycles. The number of methoxy groups -OCH3 is 2. The molecule has 2 heterocycles. The van der Waals surface area contributed by atoms with Crippen LogP contribution >= 0.6 is 0 Å². The molecule has 0 saturated carbocycles. The first-order valence-corrected chi connectivity index (χ1v) is 11.6. The van der Waals surface area contributed by atoms with Crippen molar-refractivity contribution in [1.29, 1.82) is 0 Å². The second-order valence-corrected chi connectivity index (χ2v) is 8.80. The van der Waals surface area contributed by atoms with Crippen LogP contribution in [0, 0.1) is 0 Å². The van der Waals surface area contributed by atoms with E-state index in [2.05, 4.69) is 9.97 Å². The van der Waals surface area contributed by atoms with E-state index in [0.29, 0.717) is 33.7 Å². The number of nitrogens with one attached hydrogen (secondary N) is 1. The number of aromatic nitrogens is 2. The highest BCUT2D eigenvalue weighted by atomic mass is 16.5. The Hall–Kier alpha value is -4.79. The Bertz CT molecular complexity index is 1540. The summed E-state index contributed by atoms with van der Waals surface area (Å²) in [6, 6.07) is 18.6. The fraction of sp³-hybridized carbons (Fsp3) is 0.179. The molecule has 1 aromatic heterocycles. The summed E-state index contributed by atoms with van der Waals surface area (Å²) in [4.78, 5) is 37.9. The summed E-state index contributed by atoms with van der Waals surface area (Å²) in [5, 5.41) is 11.4.